The second-order valence-electron chi connectivity index (χ2n) is 3.66. The smallest absolute Gasteiger partial charge is 0.308 e. The summed E-state index contributed by atoms with van der Waals surface area (Å²) in [6.07, 6.45) is 1.83. The summed E-state index contributed by atoms with van der Waals surface area (Å²) in [6, 6.07) is 0. The Hall–Kier alpha value is -1.92. The van der Waals surface area contributed by atoms with Gasteiger partial charge in [0.25, 0.3) is 0 Å². The average molecular weight is 225 g/mol. The Kier molecular flexibility index (Phi) is 2.84. The van der Waals surface area contributed by atoms with Crippen LogP contribution in [0, 0.1) is 5.92 Å². The number of carboxylic acid groups (broad SMARTS) is 1. The Labute approximate surface area is 91.0 Å². The van der Waals surface area contributed by atoms with Gasteiger partial charge in [0.1, 0.15) is 0 Å². The first-order chi connectivity index (χ1) is 7.66. The van der Waals surface area contributed by atoms with Gasteiger partial charge in [0, 0.05) is 25.9 Å². The third-order valence-corrected chi connectivity index (χ3v) is 2.57. The standard InChI is InChI=1S/C9H11N3O4/c13-8-3-6(9(14)15)4-12(8)2-1-7-10-5-11-16-7/h5-6H,1-4H2,(H,14,15). The largest absolute Gasteiger partial charge is 0.481 e. The minimum absolute atomic E-state index is 0.0825. The molecule has 1 saturated heterocycles. The van der Waals surface area contributed by atoms with Gasteiger partial charge in [-0.1, -0.05) is 5.16 Å². The van der Waals surface area contributed by atoms with Crippen LogP contribution in [-0.4, -0.2) is 45.1 Å². The third-order valence-electron chi connectivity index (χ3n) is 2.57. The van der Waals surface area contributed by atoms with Gasteiger partial charge in [-0.25, -0.2) is 0 Å². The molecule has 2 rings (SSSR count). The van der Waals surface area contributed by atoms with Crippen LogP contribution in [-0.2, 0) is 16.0 Å². The van der Waals surface area contributed by atoms with E-state index in [0.717, 1.165) is 0 Å². The Morgan fingerprint density at radius 2 is 2.50 bits per heavy atom. The van der Waals surface area contributed by atoms with E-state index in [2.05, 4.69) is 10.1 Å². The molecule has 0 bridgehead atoms. The minimum atomic E-state index is -0.923. The molecule has 1 aromatic rings. The Morgan fingerprint density at radius 1 is 1.69 bits per heavy atom. The van der Waals surface area contributed by atoms with Crippen molar-refractivity contribution < 1.29 is 19.2 Å². The van der Waals surface area contributed by atoms with Crippen molar-refractivity contribution in [3.63, 3.8) is 0 Å². The molecule has 0 aromatic carbocycles. The molecule has 1 unspecified atom stereocenters. The molecular weight excluding hydrogens is 214 g/mol. The molecule has 1 N–H and O–H groups in total. The normalized spacial score (nSPS) is 20.4. The molecule has 1 fully saturated rings. The summed E-state index contributed by atoms with van der Waals surface area (Å²) in [6.45, 7) is 0.688. The van der Waals surface area contributed by atoms with Gasteiger partial charge >= 0.3 is 5.97 Å². The number of carbonyl (C=O) groups is 2. The zero-order chi connectivity index (χ0) is 11.5. The number of hydrogen-bond acceptors (Lipinski definition) is 5. The average Bonchev–Trinajstić information content (AvgIpc) is 2.84. The van der Waals surface area contributed by atoms with E-state index < -0.39 is 11.9 Å². The van der Waals surface area contributed by atoms with Gasteiger partial charge in [-0.3, -0.25) is 9.59 Å². The SMILES string of the molecule is O=C(O)C1CC(=O)N(CCc2ncno2)C1. The van der Waals surface area contributed by atoms with Crippen LogP contribution in [0.25, 0.3) is 0 Å². The lowest BCUT2D eigenvalue weighted by Gasteiger charge is -2.13. The fourth-order valence-electron chi connectivity index (χ4n) is 1.69. The van der Waals surface area contributed by atoms with Crippen molar-refractivity contribution in [3.05, 3.63) is 12.2 Å². The number of nitrogens with zero attached hydrogens (tertiary/aromatic N) is 3. The molecule has 16 heavy (non-hydrogen) atoms. The van der Waals surface area contributed by atoms with Crippen molar-refractivity contribution in [2.45, 2.75) is 12.8 Å². The third kappa shape index (κ3) is 2.18. The summed E-state index contributed by atoms with van der Waals surface area (Å²) in [5.41, 5.74) is 0. The summed E-state index contributed by atoms with van der Waals surface area (Å²) in [5, 5.41) is 12.2. The summed E-state index contributed by atoms with van der Waals surface area (Å²) >= 11 is 0. The number of rotatable bonds is 4. The first kappa shape index (κ1) is 10.6. The minimum Gasteiger partial charge on any atom is -0.481 e. The highest BCUT2D eigenvalue weighted by atomic mass is 16.5. The lowest BCUT2D eigenvalue weighted by molar-refractivity contribution is -0.141. The van der Waals surface area contributed by atoms with E-state index in [4.69, 9.17) is 9.63 Å². The van der Waals surface area contributed by atoms with Gasteiger partial charge in [-0.2, -0.15) is 4.98 Å². The molecule has 0 saturated carbocycles. The first-order valence-corrected chi connectivity index (χ1v) is 4.93. The van der Waals surface area contributed by atoms with E-state index in [-0.39, 0.29) is 18.9 Å². The molecular formula is C9H11N3O4. The van der Waals surface area contributed by atoms with E-state index in [9.17, 15) is 9.59 Å². The van der Waals surface area contributed by atoms with Crippen LogP contribution in [0.5, 0.6) is 0 Å². The predicted molar refractivity (Wildman–Crippen MR) is 50.3 cm³/mol. The molecule has 1 atom stereocenters. The van der Waals surface area contributed by atoms with Crippen LogP contribution in [0.15, 0.2) is 10.9 Å². The van der Waals surface area contributed by atoms with Crippen molar-refractivity contribution in [2.24, 2.45) is 5.92 Å². The van der Waals surface area contributed by atoms with Gasteiger partial charge in [-0.05, 0) is 0 Å². The summed E-state index contributed by atoms with van der Waals surface area (Å²) < 4.78 is 4.79. The van der Waals surface area contributed by atoms with Crippen LogP contribution in [0.3, 0.4) is 0 Å². The van der Waals surface area contributed by atoms with Crippen molar-refractivity contribution in [2.75, 3.05) is 13.1 Å². The maximum Gasteiger partial charge on any atom is 0.308 e. The van der Waals surface area contributed by atoms with E-state index in [1.165, 1.54) is 11.2 Å². The van der Waals surface area contributed by atoms with E-state index >= 15 is 0 Å². The van der Waals surface area contributed by atoms with E-state index in [0.29, 0.717) is 18.9 Å². The lowest BCUT2D eigenvalue weighted by atomic mass is 10.1. The number of aliphatic carboxylic acids is 1. The van der Waals surface area contributed by atoms with Gasteiger partial charge in [-0.15, -0.1) is 0 Å². The van der Waals surface area contributed by atoms with Crippen molar-refractivity contribution >= 4 is 11.9 Å². The van der Waals surface area contributed by atoms with Crippen LogP contribution >= 0.6 is 0 Å². The number of amides is 1. The monoisotopic (exact) mass is 225 g/mol. The molecule has 1 aliphatic heterocycles. The fourth-order valence-corrected chi connectivity index (χ4v) is 1.69. The van der Waals surface area contributed by atoms with Crippen molar-refractivity contribution in [1.82, 2.24) is 15.0 Å². The molecule has 0 aliphatic carbocycles. The number of likely N-dealkylation sites (tertiary alicyclic amines) is 1. The quantitative estimate of drug-likeness (QED) is 0.745. The fraction of sp³-hybridized carbons (Fsp3) is 0.556. The van der Waals surface area contributed by atoms with Crippen LogP contribution in [0.4, 0.5) is 0 Å². The molecule has 0 spiro atoms. The highest BCUT2D eigenvalue weighted by Gasteiger charge is 2.33. The molecule has 0 radical (unpaired) electrons. The zero-order valence-electron chi connectivity index (χ0n) is 8.50. The Morgan fingerprint density at radius 3 is 3.06 bits per heavy atom. The molecule has 2 heterocycles. The molecule has 7 nitrogen and oxygen atoms in total. The molecule has 1 amide bonds. The lowest BCUT2D eigenvalue weighted by Crippen LogP contribution is -2.28. The van der Waals surface area contributed by atoms with E-state index in [1.54, 1.807) is 0 Å². The Balaban J connectivity index is 1.87. The second kappa shape index (κ2) is 4.30. The molecule has 1 aromatic heterocycles. The van der Waals surface area contributed by atoms with Crippen molar-refractivity contribution in [1.29, 1.82) is 0 Å². The number of carbonyl (C=O) groups excluding carboxylic acids is 1. The molecule has 7 heteroatoms. The number of aromatic nitrogens is 2. The van der Waals surface area contributed by atoms with Gasteiger partial charge in [0.15, 0.2) is 6.33 Å². The Bertz CT molecular complexity index is 389. The van der Waals surface area contributed by atoms with Gasteiger partial charge in [0.05, 0.1) is 5.92 Å². The number of carboxylic acids is 1. The van der Waals surface area contributed by atoms with Crippen molar-refractivity contribution in [3.8, 4) is 0 Å². The zero-order valence-corrected chi connectivity index (χ0v) is 8.50. The second-order valence-corrected chi connectivity index (χ2v) is 3.66. The summed E-state index contributed by atoms with van der Waals surface area (Å²) in [4.78, 5) is 27.5. The first-order valence-electron chi connectivity index (χ1n) is 4.93. The predicted octanol–water partition coefficient (Wildman–Crippen LogP) is -0.455. The van der Waals surface area contributed by atoms with E-state index in [1.807, 2.05) is 0 Å². The van der Waals surface area contributed by atoms with Crippen LogP contribution in [0.2, 0.25) is 0 Å². The summed E-state index contributed by atoms with van der Waals surface area (Å²) in [5.74, 6) is -1.19. The maximum absolute atomic E-state index is 11.4. The topological polar surface area (TPSA) is 96.5 Å². The highest BCUT2D eigenvalue weighted by Crippen LogP contribution is 2.17. The highest BCUT2D eigenvalue weighted by molar-refractivity contribution is 5.86. The number of hydrogen-bond donors (Lipinski definition) is 1. The maximum atomic E-state index is 11.4. The molecule has 86 valence electrons. The van der Waals surface area contributed by atoms with Crippen LogP contribution in [0.1, 0.15) is 12.3 Å². The molecule has 1 aliphatic rings. The van der Waals surface area contributed by atoms with Gasteiger partial charge < -0.3 is 14.5 Å². The summed E-state index contributed by atoms with van der Waals surface area (Å²) in [7, 11) is 0. The van der Waals surface area contributed by atoms with Crippen LogP contribution < -0.4 is 0 Å². The van der Waals surface area contributed by atoms with Gasteiger partial charge in [0.2, 0.25) is 11.8 Å².